The van der Waals surface area contributed by atoms with E-state index in [0.717, 1.165) is 29.9 Å². The summed E-state index contributed by atoms with van der Waals surface area (Å²) >= 11 is 0. The maximum atomic E-state index is 5.86. The topological polar surface area (TPSA) is 9.23 Å². The molecule has 0 bridgehead atoms. The molecule has 0 aliphatic heterocycles. The largest absolute Gasteiger partial charge is 0.488 e. The van der Waals surface area contributed by atoms with E-state index in [9.17, 15) is 0 Å². The molecule has 0 amide bonds. The zero-order chi connectivity index (χ0) is 19.4. The fraction of sp³-hybridized carbons (Fsp3) is 0.520. The molecule has 2 heteroatoms. The van der Waals surface area contributed by atoms with Gasteiger partial charge in [-0.3, -0.25) is 0 Å². The van der Waals surface area contributed by atoms with Gasteiger partial charge in [0.25, 0.3) is 0 Å². The molecule has 0 spiro atoms. The van der Waals surface area contributed by atoms with Crippen LogP contribution in [0.25, 0.3) is 0 Å². The van der Waals surface area contributed by atoms with E-state index >= 15 is 0 Å². The molecule has 0 heterocycles. The number of likely N-dealkylation sites (N-methyl/N-ethyl adjacent to an activating group) is 1. The fourth-order valence-electron chi connectivity index (χ4n) is 3.42. The van der Waals surface area contributed by atoms with Crippen LogP contribution in [0.15, 0.2) is 54.6 Å². The summed E-state index contributed by atoms with van der Waals surface area (Å²) in [5, 5.41) is 0. The van der Waals surface area contributed by atoms with Crippen molar-refractivity contribution in [2.24, 2.45) is 0 Å². The predicted molar refractivity (Wildman–Crippen MR) is 116 cm³/mol. The van der Waals surface area contributed by atoms with E-state index < -0.39 is 0 Å². The molecule has 0 fully saturated rings. The Balaban J connectivity index is 1.69. The van der Waals surface area contributed by atoms with Gasteiger partial charge in [0.1, 0.15) is 25.4 Å². The Labute approximate surface area is 166 Å². The highest BCUT2D eigenvalue weighted by Gasteiger charge is 2.16. The molecule has 0 aliphatic rings. The molecule has 2 aromatic carbocycles. The van der Waals surface area contributed by atoms with Crippen LogP contribution in [0.5, 0.6) is 5.75 Å². The van der Waals surface area contributed by atoms with Gasteiger partial charge in [-0.15, -0.1) is 0 Å². The monoisotopic (exact) mass is 368 g/mol. The van der Waals surface area contributed by atoms with Gasteiger partial charge >= 0.3 is 0 Å². The van der Waals surface area contributed by atoms with Crippen LogP contribution in [0.1, 0.15) is 56.6 Å². The van der Waals surface area contributed by atoms with Gasteiger partial charge in [0.2, 0.25) is 0 Å². The number of hydrogen-bond donors (Lipinski definition) is 0. The molecule has 0 aromatic heterocycles. The maximum Gasteiger partial charge on any atom is 0.137 e. The molecule has 148 valence electrons. The van der Waals surface area contributed by atoms with Crippen LogP contribution in [0, 0.1) is 0 Å². The molecule has 0 aliphatic carbocycles. The molecule has 0 atom stereocenters. The predicted octanol–water partition coefficient (Wildman–Crippen LogP) is 6.25. The Morgan fingerprint density at radius 3 is 2.07 bits per heavy atom. The number of ether oxygens (including phenoxy) is 1. The Morgan fingerprint density at radius 2 is 1.37 bits per heavy atom. The molecule has 0 saturated heterocycles. The quantitative estimate of drug-likeness (QED) is 0.300. The number of hydrogen-bond acceptors (Lipinski definition) is 1. The zero-order valence-electron chi connectivity index (χ0n) is 17.6. The molecule has 0 saturated carbocycles. The number of para-hydroxylation sites is 1. The molecule has 2 nitrogen and oxygen atoms in total. The van der Waals surface area contributed by atoms with Crippen LogP contribution in [0.4, 0.5) is 0 Å². The number of unbranched alkanes of at least 4 members (excludes halogenated alkanes) is 5. The van der Waals surface area contributed by atoms with Gasteiger partial charge in [0.15, 0.2) is 0 Å². The number of nitrogens with zero attached hydrogens (tertiary/aromatic N) is 1. The first-order valence-corrected chi connectivity index (χ1v) is 10.7. The highest BCUT2D eigenvalue weighted by atomic mass is 16.5. The van der Waals surface area contributed by atoms with Crippen molar-refractivity contribution < 1.29 is 9.22 Å². The maximum absolute atomic E-state index is 5.86. The summed E-state index contributed by atoms with van der Waals surface area (Å²) in [4.78, 5) is 0. The average molecular weight is 369 g/mol. The van der Waals surface area contributed by atoms with Crippen LogP contribution in [0.2, 0.25) is 0 Å². The van der Waals surface area contributed by atoms with Gasteiger partial charge in [0.05, 0.1) is 14.1 Å². The number of aryl methyl sites for hydroxylation is 1. The van der Waals surface area contributed by atoms with Crippen molar-refractivity contribution in [3.63, 3.8) is 0 Å². The smallest absolute Gasteiger partial charge is 0.137 e. The summed E-state index contributed by atoms with van der Waals surface area (Å²) in [5.74, 6) is 0.955. The first kappa shape index (κ1) is 21.5. The third-order valence-corrected chi connectivity index (χ3v) is 5.16. The molecule has 0 N–H and O–H groups in total. The average Bonchev–Trinajstić information content (AvgIpc) is 2.66. The van der Waals surface area contributed by atoms with Crippen LogP contribution >= 0.6 is 0 Å². The second-order valence-corrected chi connectivity index (χ2v) is 8.31. The summed E-state index contributed by atoms with van der Waals surface area (Å²) in [6.07, 6.45) is 9.41. The minimum Gasteiger partial charge on any atom is -0.488 e. The molecular formula is C25H38NO+. The Kier molecular flexibility index (Phi) is 9.41. The van der Waals surface area contributed by atoms with Crippen molar-refractivity contribution in [3.8, 4) is 5.75 Å². The highest BCUT2D eigenvalue weighted by molar-refractivity contribution is 5.22. The third-order valence-electron chi connectivity index (χ3n) is 5.16. The van der Waals surface area contributed by atoms with Crippen molar-refractivity contribution in [2.45, 2.75) is 58.4 Å². The van der Waals surface area contributed by atoms with Gasteiger partial charge in [-0.25, -0.2) is 0 Å². The first-order chi connectivity index (χ1) is 13.1. The van der Waals surface area contributed by atoms with Crippen molar-refractivity contribution in [1.82, 2.24) is 0 Å². The molecule has 2 aromatic rings. The van der Waals surface area contributed by atoms with Crippen LogP contribution in [-0.4, -0.2) is 31.7 Å². The lowest BCUT2D eigenvalue weighted by atomic mass is 10.0. The van der Waals surface area contributed by atoms with E-state index in [1.807, 2.05) is 30.3 Å². The van der Waals surface area contributed by atoms with Crippen LogP contribution < -0.4 is 4.74 Å². The lowest BCUT2D eigenvalue weighted by Gasteiger charge is -2.29. The summed E-state index contributed by atoms with van der Waals surface area (Å²) in [6, 6.07) is 19.3. The minimum absolute atomic E-state index is 0.743. The van der Waals surface area contributed by atoms with Crippen molar-refractivity contribution in [2.75, 3.05) is 27.2 Å². The lowest BCUT2D eigenvalue weighted by molar-refractivity contribution is -0.903. The SMILES string of the molecule is CCCCCCCCc1ccc(C[N+](C)(C)CCOc2ccccc2)cc1. The van der Waals surface area contributed by atoms with Crippen molar-refractivity contribution in [3.05, 3.63) is 65.7 Å². The molecule has 0 unspecified atom stereocenters. The molecular weight excluding hydrogens is 330 g/mol. The van der Waals surface area contributed by atoms with Crippen molar-refractivity contribution in [1.29, 1.82) is 0 Å². The van der Waals surface area contributed by atoms with E-state index in [1.165, 1.54) is 56.1 Å². The first-order valence-electron chi connectivity index (χ1n) is 10.7. The third kappa shape index (κ3) is 9.10. The van der Waals surface area contributed by atoms with Crippen LogP contribution in [0.3, 0.4) is 0 Å². The standard InChI is InChI=1S/C25H38NO/c1-4-5-6-7-8-10-13-23-16-18-24(19-17-23)22-26(2,3)20-21-27-25-14-11-9-12-15-25/h9,11-12,14-19H,4-8,10,13,20-22H2,1-3H3/q+1. The summed E-state index contributed by atoms with van der Waals surface area (Å²) in [7, 11) is 4.55. The van der Waals surface area contributed by atoms with E-state index in [-0.39, 0.29) is 0 Å². The second-order valence-electron chi connectivity index (χ2n) is 8.31. The van der Waals surface area contributed by atoms with Crippen LogP contribution in [-0.2, 0) is 13.0 Å². The molecule has 27 heavy (non-hydrogen) atoms. The lowest BCUT2D eigenvalue weighted by Crippen LogP contribution is -2.41. The number of benzene rings is 2. The Hall–Kier alpha value is -1.80. The normalized spacial score (nSPS) is 11.5. The molecule has 2 rings (SSSR count). The highest BCUT2D eigenvalue weighted by Crippen LogP contribution is 2.15. The zero-order valence-corrected chi connectivity index (χ0v) is 17.6. The number of quaternary nitrogens is 1. The minimum atomic E-state index is 0.743. The second kappa shape index (κ2) is 11.8. The van der Waals surface area contributed by atoms with Gasteiger partial charge < -0.3 is 9.22 Å². The Bertz CT molecular complexity index is 619. The van der Waals surface area contributed by atoms with E-state index in [1.54, 1.807) is 0 Å². The van der Waals surface area contributed by atoms with Gasteiger partial charge in [-0.1, -0.05) is 81.5 Å². The summed E-state index contributed by atoms with van der Waals surface area (Å²) in [6.45, 7) is 5.05. The van der Waals surface area contributed by atoms with E-state index in [0.29, 0.717) is 0 Å². The summed E-state index contributed by atoms with van der Waals surface area (Å²) in [5.41, 5.74) is 2.89. The van der Waals surface area contributed by atoms with Gasteiger partial charge in [-0.2, -0.15) is 0 Å². The molecule has 0 radical (unpaired) electrons. The Morgan fingerprint density at radius 1 is 0.741 bits per heavy atom. The van der Waals surface area contributed by atoms with E-state index in [2.05, 4.69) is 45.3 Å². The summed E-state index contributed by atoms with van der Waals surface area (Å²) < 4.78 is 6.80. The van der Waals surface area contributed by atoms with Gasteiger partial charge in [-0.05, 0) is 30.5 Å². The van der Waals surface area contributed by atoms with Gasteiger partial charge in [0, 0.05) is 5.56 Å². The fourth-order valence-corrected chi connectivity index (χ4v) is 3.42. The van der Waals surface area contributed by atoms with E-state index in [4.69, 9.17) is 4.74 Å². The number of rotatable bonds is 13. The van der Waals surface area contributed by atoms with Crippen molar-refractivity contribution >= 4 is 0 Å².